The first-order chi connectivity index (χ1) is 8.13. The summed E-state index contributed by atoms with van der Waals surface area (Å²) < 4.78 is 5.39. The lowest BCUT2D eigenvalue weighted by molar-refractivity contribution is -0.121. The number of ether oxygens (including phenoxy) is 1. The fourth-order valence-electron chi connectivity index (χ4n) is 1.39. The second kappa shape index (κ2) is 6.68. The van der Waals surface area contributed by atoms with Crippen LogP contribution in [0.1, 0.15) is 26.7 Å². The highest BCUT2D eigenvalue weighted by Gasteiger charge is 2.06. The van der Waals surface area contributed by atoms with Gasteiger partial charge in [0.2, 0.25) is 5.91 Å². The van der Waals surface area contributed by atoms with Crippen LogP contribution in [0.3, 0.4) is 0 Å². The number of hydrogen-bond acceptors (Lipinski definition) is 3. The van der Waals surface area contributed by atoms with Crippen LogP contribution in [0.4, 0.5) is 5.69 Å². The predicted molar refractivity (Wildman–Crippen MR) is 66.2 cm³/mol. The van der Waals surface area contributed by atoms with Gasteiger partial charge in [-0.2, -0.15) is 0 Å². The molecule has 1 aromatic carbocycles. The molecule has 0 aliphatic rings. The first kappa shape index (κ1) is 13.2. The van der Waals surface area contributed by atoms with E-state index in [4.69, 9.17) is 4.74 Å². The van der Waals surface area contributed by atoms with E-state index < -0.39 is 0 Å². The van der Waals surface area contributed by atoms with Crippen LogP contribution in [0.25, 0.3) is 0 Å². The molecule has 0 saturated heterocycles. The number of carbonyl (C=O) groups is 2. The molecule has 4 nitrogen and oxygen atoms in total. The van der Waals surface area contributed by atoms with E-state index in [2.05, 4.69) is 5.32 Å². The maximum absolute atomic E-state index is 11.3. The molecule has 0 aliphatic carbocycles. The van der Waals surface area contributed by atoms with Crippen molar-refractivity contribution in [2.45, 2.75) is 26.7 Å². The van der Waals surface area contributed by atoms with Crippen molar-refractivity contribution in [3.05, 3.63) is 24.3 Å². The molecule has 1 rings (SSSR count). The number of ketones is 1. The third-order valence-corrected chi connectivity index (χ3v) is 2.12. The first-order valence-corrected chi connectivity index (χ1v) is 5.64. The molecule has 1 N–H and O–H groups in total. The number of Topliss-reactive ketones (excluding diaryl/α,β-unsaturated/α-hetero) is 1. The molecule has 4 heteroatoms. The van der Waals surface area contributed by atoms with E-state index in [-0.39, 0.29) is 18.3 Å². The Labute approximate surface area is 101 Å². The summed E-state index contributed by atoms with van der Waals surface area (Å²) in [5.74, 6) is 0.415. The summed E-state index contributed by atoms with van der Waals surface area (Å²) in [6, 6.07) is 7.06. The fourth-order valence-corrected chi connectivity index (χ4v) is 1.39. The number of hydrogen-bond donors (Lipinski definition) is 1. The van der Waals surface area contributed by atoms with Gasteiger partial charge in [-0.15, -0.1) is 0 Å². The molecule has 0 fully saturated rings. The minimum atomic E-state index is -0.166. The quantitative estimate of drug-likeness (QED) is 0.823. The number of benzene rings is 1. The van der Waals surface area contributed by atoms with Crippen LogP contribution in [0.2, 0.25) is 0 Å². The van der Waals surface area contributed by atoms with Gasteiger partial charge in [0.1, 0.15) is 12.4 Å². The largest absolute Gasteiger partial charge is 0.484 e. The van der Waals surface area contributed by atoms with Gasteiger partial charge >= 0.3 is 0 Å². The van der Waals surface area contributed by atoms with Crippen molar-refractivity contribution in [2.75, 3.05) is 11.9 Å². The smallest absolute Gasteiger partial charge is 0.221 e. The minimum Gasteiger partial charge on any atom is -0.484 e. The minimum absolute atomic E-state index is 0.0461. The third kappa shape index (κ3) is 4.68. The van der Waals surface area contributed by atoms with Crippen LogP contribution in [-0.2, 0) is 9.59 Å². The average molecular weight is 235 g/mol. The molecule has 0 aliphatic heterocycles. The molecule has 92 valence electrons. The fraction of sp³-hybridized carbons (Fsp3) is 0.385. The Morgan fingerprint density at radius 1 is 1.29 bits per heavy atom. The molecule has 0 aromatic heterocycles. The second-order valence-electron chi connectivity index (χ2n) is 3.75. The summed E-state index contributed by atoms with van der Waals surface area (Å²) in [5.41, 5.74) is 0.587. The zero-order valence-corrected chi connectivity index (χ0v) is 10.2. The van der Waals surface area contributed by atoms with Crippen LogP contribution in [0, 0.1) is 0 Å². The summed E-state index contributed by atoms with van der Waals surface area (Å²) in [6.07, 6.45) is 1.33. The lowest BCUT2D eigenvalue weighted by Gasteiger charge is -2.10. The molecule has 17 heavy (non-hydrogen) atoms. The van der Waals surface area contributed by atoms with E-state index >= 15 is 0 Å². The molecule has 0 atom stereocenters. The van der Waals surface area contributed by atoms with Gasteiger partial charge in [-0.25, -0.2) is 0 Å². The standard InChI is InChI=1S/C13H17NO3/c1-3-6-11(16)9-17-13-8-5-4-7-12(13)14-10(2)15/h4-5,7-8H,3,6,9H2,1-2H3,(H,14,15). The van der Waals surface area contributed by atoms with Crippen molar-refractivity contribution >= 4 is 17.4 Å². The van der Waals surface area contributed by atoms with Gasteiger partial charge in [0, 0.05) is 13.3 Å². The lowest BCUT2D eigenvalue weighted by Crippen LogP contribution is -2.13. The van der Waals surface area contributed by atoms with E-state index in [1.54, 1.807) is 24.3 Å². The van der Waals surface area contributed by atoms with E-state index in [9.17, 15) is 9.59 Å². The number of rotatable bonds is 6. The van der Waals surface area contributed by atoms with E-state index in [0.29, 0.717) is 17.9 Å². The number of nitrogens with one attached hydrogen (secondary N) is 1. The van der Waals surface area contributed by atoms with E-state index in [1.165, 1.54) is 6.92 Å². The van der Waals surface area contributed by atoms with Crippen LogP contribution in [-0.4, -0.2) is 18.3 Å². The summed E-state index contributed by atoms with van der Waals surface area (Å²) in [7, 11) is 0. The van der Waals surface area contributed by atoms with Gasteiger partial charge in [-0.05, 0) is 18.6 Å². The topological polar surface area (TPSA) is 55.4 Å². The maximum Gasteiger partial charge on any atom is 0.221 e. The maximum atomic E-state index is 11.3. The number of anilines is 1. The Morgan fingerprint density at radius 3 is 2.65 bits per heavy atom. The summed E-state index contributed by atoms with van der Waals surface area (Å²) in [4.78, 5) is 22.3. The summed E-state index contributed by atoms with van der Waals surface area (Å²) >= 11 is 0. The van der Waals surface area contributed by atoms with Crippen LogP contribution >= 0.6 is 0 Å². The number of carbonyl (C=O) groups excluding carboxylic acids is 2. The van der Waals surface area contributed by atoms with Gasteiger partial charge in [-0.3, -0.25) is 9.59 Å². The van der Waals surface area contributed by atoms with Gasteiger partial charge in [0.05, 0.1) is 5.69 Å². The molecule has 1 amide bonds. The Balaban J connectivity index is 2.63. The van der Waals surface area contributed by atoms with Crippen LogP contribution in [0.15, 0.2) is 24.3 Å². The van der Waals surface area contributed by atoms with Gasteiger partial charge in [0.15, 0.2) is 5.78 Å². The van der Waals surface area contributed by atoms with Crippen molar-refractivity contribution in [3.8, 4) is 5.75 Å². The molecular weight excluding hydrogens is 218 g/mol. The molecule has 0 heterocycles. The lowest BCUT2D eigenvalue weighted by atomic mass is 10.2. The van der Waals surface area contributed by atoms with Crippen molar-refractivity contribution in [2.24, 2.45) is 0 Å². The molecule has 0 radical (unpaired) electrons. The third-order valence-electron chi connectivity index (χ3n) is 2.12. The van der Waals surface area contributed by atoms with Crippen molar-refractivity contribution in [1.29, 1.82) is 0 Å². The highest BCUT2D eigenvalue weighted by Crippen LogP contribution is 2.23. The molecule has 0 spiro atoms. The second-order valence-corrected chi connectivity index (χ2v) is 3.75. The van der Waals surface area contributed by atoms with Crippen LogP contribution in [0.5, 0.6) is 5.75 Å². The first-order valence-electron chi connectivity index (χ1n) is 5.64. The van der Waals surface area contributed by atoms with Crippen molar-refractivity contribution < 1.29 is 14.3 Å². The number of amides is 1. The Hall–Kier alpha value is -1.84. The zero-order valence-electron chi connectivity index (χ0n) is 10.2. The summed E-state index contributed by atoms with van der Waals surface area (Å²) in [5, 5.41) is 2.65. The molecule has 0 bridgehead atoms. The average Bonchev–Trinajstić information content (AvgIpc) is 2.27. The Kier molecular flexibility index (Phi) is 5.20. The van der Waals surface area contributed by atoms with Gasteiger partial charge in [0.25, 0.3) is 0 Å². The van der Waals surface area contributed by atoms with Gasteiger partial charge in [-0.1, -0.05) is 19.1 Å². The van der Waals surface area contributed by atoms with E-state index in [1.807, 2.05) is 6.92 Å². The predicted octanol–water partition coefficient (Wildman–Crippen LogP) is 2.39. The number of para-hydroxylation sites is 2. The molecule has 0 saturated carbocycles. The zero-order chi connectivity index (χ0) is 12.7. The summed E-state index contributed by atoms with van der Waals surface area (Å²) in [6.45, 7) is 3.42. The highest BCUT2D eigenvalue weighted by atomic mass is 16.5. The molecule has 1 aromatic rings. The van der Waals surface area contributed by atoms with E-state index in [0.717, 1.165) is 6.42 Å². The SMILES string of the molecule is CCCC(=O)COc1ccccc1NC(C)=O. The normalized spacial score (nSPS) is 9.76. The monoisotopic (exact) mass is 235 g/mol. The van der Waals surface area contributed by atoms with Crippen LogP contribution < -0.4 is 10.1 Å². The van der Waals surface area contributed by atoms with Gasteiger partial charge < -0.3 is 10.1 Å². The molecule has 0 unspecified atom stereocenters. The van der Waals surface area contributed by atoms with Crippen molar-refractivity contribution in [3.63, 3.8) is 0 Å². The Bertz CT molecular complexity index is 401. The Morgan fingerprint density at radius 2 is 2.00 bits per heavy atom. The molecular formula is C13H17NO3. The van der Waals surface area contributed by atoms with Crippen molar-refractivity contribution in [1.82, 2.24) is 0 Å². The highest BCUT2D eigenvalue weighted by molar-refractivity contribution is 5.90.